The Morgan fingerprint density at radius 1 is 1.24 bits per heavy atom. The highest BCUT2D eigenvalue weighted by atomic mass is 32.2. The van der Waals surface area contributed by atoms with Gasteiger partial charge in [0.15, 0.2) is 0 Å². The van der Waals surface area contributed by atoms with Crippen molar-refractivity contribution in [2.45, 2.75) is 20.3 Å². The lowest BCUT2D eigenvalue weighted by atomic mass is 10.1. The van der Waals surface area contributed by atoms with Crippen molar-refractivity contribution in [3.63, 3.8) is 0 Å². The molecule has 1 aliphatic rings. The third-order valence-electron chi connectivity index (χ3n) is 3.37. The fraction of sp³-hybridized carbons (Fsp3) is 0.467. The van der Waals surface area contributed by atoms with Crippen LogP contribution in [-0.4, -0.2) is 41.4 Å². The van der Waals surface area contributed by atoms with Gasteiger partial charge in [-0.3, -0.25) is 4.79 Å². The highest BCUT2D eigenvalue weighted by molar-refractivity contribution is 7.99. The molecule has 2 rings (SSSR count). The van der Waals surface area contributed by atoms with Crippen LogP contribution < -0.4 is 10.6 Å². The number of benzene rings is 1. The molecule has 0 atom stereocenters. The van der Waals surface area contributed by atoms with Crippen LogP contribution in [0.2, 0.25) is 0 Å². The third-order valence-corrected chi connectivity index (χ3v) is 4.31. The minimum absolute atomic E-state index is 0.0132. The SMILES string of the molecule is CCC(=O)Nc1ccc(NC(=O)N2CCSCC2)cc1C. The summed E-state index contributed by atoms with van der Waals surface area (Å²) < 4.78 is 0. The van der Waals surface area contributed by atoms with Gasteiger partial charge in [-0.25, -0.2) is 4.79 Å². The summed E-state index contributed by atoms with van der Waals surface area (Å²) in [6.45, 7) is 5.31. The highest BCUT2D eigenvalue weighted by Gasteiger charge is 2.16. The van der Waals surface area contributed by atoms with Gasteiger partial charge in [0.05, 0.1) is 0 Å². The lowest BCUT2D eigenvalue weighted by molar-refractivity contribution is -0.115. The van der Waals surface area contributed by atoms with E-state index in [1.165, 1.54) is 0 Å². The molecule has 1 aliphatic heterocycles. The first-order valence-electron chi connectivity index (χ1n) is 7.14. The molecule has 0 aliphatic carbocycles. The number of rotatable bonds is 3. The second-order valence-corrected chi connectivity index (χ2v) is 6.19. The van der Waals surface area contributed by atoms with Gasteiger partial charge in [-0.15, -0.1) is 0 Å². The van der Waals surface area contributed by atoms with Crippen LogP contribution in [0.25, 0.3) is 0 Å². The number of hydrogen-bond acceptors (Lipinski definition) is 3. The molecule has 1 heterocycles. The fourth-order valence-electron chi connectivity index (χ4n) is 2.09. The predicted molar refractivity (Wildman–Crippen MR) is 88.0 cm³/mol. The molecule has 1 aromatic carbocycles. The molecular weight excluding hydrogens is 286 g/mol. The average molecular weight is 307 g/mol. The van der Waals surface area contributed by atoms with E-state index in [0.29, 0.717) is 6.42 Å². The lowest BCUT2D eigenvalue weighted by Gasteiger charge is -2.26. The topological polar surface area (TPSA) is 61.4 Å². The van der Waals surface area contributed by atoms with E-state index in [4.69, 9.17) is 0 Å². The summed E-state index contributed by atoms with van der Waals surface area (Å²) in [4.78, 5) is 25.4. The second-order valence-electron chi connectivity index (χ2n) is 4.96. The Morgan fingerprint density at radius 2 is 1.95 bits per heavy atom. The molecule has 21 heavy (non-hydrogen) atoms. The number of nitrogens with one attached hydrogen (secondary N) is 2. The Hall–Kier alpha value is -1.69. The fourth-order valence-corrected chi connectivity index (χ4v) is 2.99. The third kappa shape index (κ3) is 4.39. The first kappa shape index (κ1) is 15.7. The molecule has 5 nitrogen and oxygen atoms in total. The first-order chi connectivity index (χ1) is 10.1. The van der Waals surface area contributed by atoms with Gasteiger partial charge in [0.1, 0.15) is 0 Å². The Balaban J connectivity index is 1.99. The minimum atomic E-state index is -0.0555. The van der Waals surface area contributed by atoms with Crippen molar-refractivity contribution in [3.8, 4) is 0 Å². The monoisotopic (exact) mass is 307 g/mol. The molecule has 0 spiro atoms. The second kappa shape index (κ2) is 7.36. The zero-order chi connectivity index (χ0) is 15.2. The molecule has 0 saturated carbocycles. The summed E-state index contributed by atoms with van der Waals surface area (Å²) in [6.07, 6.45) is 0.449. The summed E-state index contributed by atoms with van der Waals surface area (Å²) in [6, 6.07) is 5.46. The molecule has 3 amide bonds. The van der Waals surface area contributed by atoms with Crippen molar-refractivity contribution >= 4 is 35.1 Å². The molecule has 0 bridgehead atoms. The van der Waals surface area contributed by atoms with Crippen molar-refractivity contribution < 1.29 is 9.59 Å². The Labute approximate surface area is 129 Å². The molecule has 2 N–H and O–H groups in total. The van der Waals surface area contributed by atoms with Gasteiger partial charge < -0.3 is 15.5 Å². The van der Waals surface area contributed by atoms with Gasteiger partial charge in [-0.2, -0.15) is 11.8 Å². The standard InChI is InChI=1S/C15H21N3O2S/c1-3-14(19)17-13-5-4-12(10-11(13)2)16-15(20)18-6-8-21-9-7-18/h4-5,10H,3,6-9H2,1-2H3,(H,16,20)(H,17,19). The minimum Gasteiger partial charge on any atom is -0.326 e. The van der Waals surface area contributed by atoms with Gasteiger partial charge in [0, 0.05) is 42.4 Å². The Morgan fingerprint density at radius 3 is 2.57 bits per heavy atom. The van der Waals surface area contributed by atoms with Gasteiger partial charge in [-0.1, -0.05) is 6.92 Å². The maximum Gasteiger partial charge on any atom is 0.321 e. The number of thioether (sulfide) groups is 1. The molecule has 0 aromatic heterocycles. The van der Waals surface area contributed by atoms with Crippen LogP contribution >= 0.6 is 11.8 Å². The van der Waals surface area contributed by atoms with Gasteiger partial charge in [0.25, 0.3) is 0 Å². The molecule has 0 unspecified atom stereocenters. The summed E-state index contributed by atoms with van der Waals surface area (Å²) in [5, 5.41) is 5.75. The van der Waals surface area contributed by atoms with E-state index >= 15 is 0 Å². The van der Waals surface area contributed by atoms with Crippen LogP contribution in [0.1, 0.15) is 18.9 Å². The first-order valence-corrected chi connectivity index (χ1v) is 8.30. The molecule has 6 heteroatoms. The van der Waals surface area contributed by atoms with Gasteiger partial charge in [-0.05, 0) is 30.7 Å². The van der Waals surface area contributed by atoms with Crippen LogP contribution in [0.4, 0.5) is 16.2 Å². The number of urea groups is 1. The number of aryl methyl sites for hydroxylation is 1. The van der Waals surface area contributed by atoms with Gasteiger partial charge >= 0.3 is 6.03 Å². The number of hydrogen-bond donors (Lipinski definition) is 2. The quantitative estimate of drug-likeness (QED) is 0.902. The van der Waals surface area contributed by atoms with Crippen molar-refractivity contribution in [1.29, 1.82) is 0 Å². The lowest BCUT2D eigenvalue weighted by Crippen LogP contribution is -2.40. The van der Waals surface area contributed by atoms with Crippen molar-refractivity contribution in [3.05, 3.63) is 23.8 Å². The molecule has 1 saturated heterocycles. The molecule has 1 aromatic rings. The van der Waals surface area contributed by atoms with Crippen LogP contribution in [0.5, 0.6) is 0 Å². The summed E-state index contributed by atoms with van der Waals surface area (Å²) in [5.74, 6) is 1.98. The van der Waals surface area contributed by atoms with E-state index in [2.05, 4.69) is 10.6 Å². The Kier molecular flexibility index (Phi) is 5.50. The number of nitrogens with zero attached hydrogens (tertiary/aromatic N) is 1. The van der Waals surface area contributed by atoms with E-state index in [-0.39, 0.29) is 11.9 Å². The number of carbonyl (C=O) groups excluding carboxylic acids is 2. The van der Waals surface area contributed by atoms with Crippen LogP contribution in [0.15, 0.2) is 18.2 Å². The van der Waals surface area contributed by atoms with E-state index < -0.39 is 0 Å². The summed E-state index contributed by atoms with van der Waals surface area (Å²) in [7, 11) is 0. The zero-order valence-electron chi connectivity index (χ0n) is 12.4. The van der Waals surface area contributed by atoms with E-state index in [9.17, 15) is 9.59 Å². The van der Waals surface area contributed by atoms with Crippen molar-refractivity contribution in [2.24, 2.45) is 0 Å². The summed E-state index contributed by atoms with van der Waals surface area (Å²) in [5.41, 5.74) is 2.48. The van der Waals surface area contributed by atoms with Crippen LogP contribution in [-0.2, 0) is 4.79 Å². The number of amides is 3. The van der Waals surface area contributed by atoms with E-state index in [0.717, 1.165) is 41.5 Å². The van der Waals surface area contributed by atoms with Crippen molar-refractivity contribution in [1.82, 2.24) is 4.90 Å². The molecule has 1 fully saturated rings. The zero-order valence-corrected chi connectivity index (χ0v) is 13.3. The average Bonchev–Trinajstić information content (AvgIpc) is 2.50. The molecular formula is C15H21N3O2S. The van der Waals surface area contributed by atoms with Crippen LogP contribution in [0.3, 0.4) is 0 Å². The van der Waals surface area contributed by atoms with E-state index in [1.807, 2.05) is 48.7 Å². The number of anilines is 2. The number of carbonyl (C=O) groups is 2. The van der Waals surface area contributed by atoms with E-state index in [1.54, 1.807) is 0 Å². The maximum atomic E-state index is 12.1. The largest absolute Gasteiger partial charge is 0.326 e. The normalized spacial score (nSPS) is 14.7. The smallest absolute Gasteiger partial charge is 0.321 e. The van der Waals surface area contributed by atoms with Crippen molar-refractivity contribution in [2.75, 3.05) is 35.2 Å². The summed E-state index contributed by atoms with van der Waals surface area (Å²) >= 11 is 1.87. The maximum absolute atomic E-state index is 12.1. The van der Waals surface area contributed by atoms with Gasteiger partial charge in [0.2, 0.25) is 5.91 Å². The highest BCUT2D eigenvalue weighted by Crippen LogP contribution is 2.20. The Bertz CT molecular complexity index is 528. The molecule has 0 radical (unpaired) electrons. The molecule has 114 valence electrons. The predicted octanol–water partition coefficient (Wildman–Crippen LogP) is 2.92. The van der Waals surface area contributed by atoms with Crippen LogP contribution in [0, 0.1) is 6.92 Å².